The largest absolute Gasteiger partial charge is 0.460 e. The van der Waals surface area contributed by atoms with Crippen LogP contribution in [0.5, 0.6) is 0 Å². The molecule has 1 aliphatic carbocycles. The van der Waals surface area contributed by atoms with E-state index in [0.717, 1.165) is 0 Å². The van der Waals surface area contributed by atoms with Gasteiger partial charge in [0.25, 0.3) is 0 Å². The molecule has 0 N–H and O–H groups in total. The summed E-state index contributed by atoms with van der Waals surface area (Å²) >= 11 is 12.0. The smallest absolute Gasteiger partial charge is 0.313 e. The second kappa shape index (κ2) is 3.02. The van der Waals surface area contributed by atoms with Gasteiger partial charge in [-0.2, -0.15) is 0 Å². The van der Waals surface area contributed by atoms with Gasteiger partial charge in [0.1, 0.15) is 9.93 Å². The van der Waals surface area contributed by atoms with E-state index in [4.69, 9.17) is 27.9 Å². The van der Waals surface area contributed by atoms with Crippen molar-refractivity contribution in [3.8, 4) is 0 Å². The van der Waals surface area contributed by atoms with Crippen molar-refractivity contribution >= 4 is 29.2 Å². The van der Waals surface area contributed by atoms with Crippen molar-refractivity contribution in [3.05, 3.63) is 0 Å². The summed E-state index contributed by atoms with van der Waals surface area (Å²) in [5, 5.41) is 0. The molecule has 0 aromatic heterocycles. The van der Waals surface area contributed by atoms with Crippen LogP contribution in [0.15, 0.2) is 0 Å². The number of ether oxygens (including phenoxy) is 1. The third-order valence-electron chi connectivity index (χ3n) is 2.50. The van der Waals surface area contributed by atoms with E-state index in [-0.39, 0.29) is 5.97 Å². The van der Waals surface area contributed by atoms with Gasteiger partial charge in [-0.25, -0.2) is 0 Å². The molecule has 0 saturated heterocycles. The topological polar surface area (TPSA) is 26.3 Å². The van der Waals surface area contributed by atoms with Crippen LogP contribution in [-0.2, 0) is 9.53 Å². The summed E-state index contributed by atoms with van der Waals surface area (Å²) in [7, 11) is 0. The number of hydrogen-bond acceptors (Lipinski definition) is 2. The fourth-order valence-corrected chi connectivity index (χ4v) is 2.29. The summed E-state index contributed by atoms with van der Waals surface area (Å²) in [5.41, 5.74) is -0.877. The second-order valence-corrected chi connectivity index (χ2v) is 6.70. The van der Waals surface area contributed by atoms with Crippen molar-refractivity contribution < 1.29 is 9.53 Å². The molecule has 4 heteroatoms. The maximum atomic E-state index is 11.7. The van der Waals surface area contributed by atoms with Gasteiger partial charge in [-0.3, -0.25) is 4.79 Å². The molecule has 14 heavy (non-hydrogen) atoms. The standard InChI is InChI=1S/C10H16Cl2O2/c1-8(2,3)14-7(13)6-9(4,5)10(6,11)12/h6H,1-5H3/t6-/m1/s1. The Kier molecular flexibility index (Phi) is 2.61. The fraction of sp³-hybridized carbons (Fsp3) is 0.900. The van der Waals surface area contributed by atoms with Crippen LogP contribution in [0.4, 0.5) is 0 Å². The molecule has 0 bridgehead atoms. The van der Waals surface area contributed by atoms with Crippen LogP contribution in [0, 0.1) is 11.3 Å². The van der Waals surface area contributed by atoms with E-state index in [1.807, 2.05) is 34.6 Å². The molecule has 0 heterocycles. The van der Waals surface area contributed by atoms with E-state index in [1.54, 1.807) is 0 Å². The highest BCUT2D eigenvalue weighted by atomic mass is 35.5. The summed E-state index contributed by atoms with van der Waals surface area (Å²) < 4.78 is 4.25. The predicted octanol–water partition coefficient (Wildman–Crippen LogP) is 3.16. The summed E-state index contributed by atoms with van der Waals surface area (Å²) in [6, 6.07) is 0. The third kappa shape index (κ3) is 1.87. The van der Waals surface area contributed by atoms with Gasteiger partial charge in [0, 0.05) is 5.41 Å². The molecule has 0 radical (unpaired) electrons. The molecule has 1 fully saturated rings. The van der Waals surface area contributed by atoms with Crippen molar-refractivity contribution in [2.75, 3.05) is 0 Å². The molecule has 0 spiro atoms. The Hall–Kier alpha value is 0.0500. The Morgan fingerprint density at radius 2 is 1.64 bits per heavy atom. The van der Waals surface area contributed by atoms with Gasteiger partial charge in [0.05, 0.1) is 5.92 Å². The van der Waals surface area contributed by atoms with E-state index in [0.29, 0.717) is 0 Å². The Morgan fingerprint density at radius 1 is 1.29 bits per heavy atom. The number of carbonyl (C=O) groups excluding carboxylic acids is 1. The SMILES string of the molecule is CC(C)(C)OC(=O)[C@@H]1C(C)(C)C1(Cl)Cl. The highest BCUT2D eigenvalue weighted by molar-refractivity contribution is 6.53. The van der Waals surface area contributed by atoms with Crippen LogP contribution in [0.3, 0.4) is 0 Å². The maximum absolute atomic E-state index is 11.7. The molecule has 1 aliphatic rings. The van der Waals surface area contributed by atoms with Crippen LogP contribution in [0.2, 0.25) is 0 Å². The van der Waals surface area contributed by atoms with Crippen molar-refractivity contribution in [2.24, 2.45) is 11.3 Å². The Balaban J connectivity index is 2.68. The molecule has 0 aromatic rings. The van der Waals surface area contributed by atoms with Gasteiger partial charge >= 0.3 is 5.97 Å². The first-order chi connectivity index (χ1) is 6.00. The van der Waals surface area contributed by atoms with E-state index in [2.05, 4.69) is 0 Å². The van der Waals surface area contributed by atoms with Crippen LogP contribution < -0.4 is 0 Å². The Labute approximate surface area is 94.9 Å². The van der Waals surface area contributed by atoms with Gasteiger partial charge in [-0.1, -0.05) is 13.8 Å². The number of esters is 1. The number of halogens is 2. The van der Waals surface area contributed by atoms with Crippen molar-refractivity contribution in [1.29, 1.82) is 0 Å². The lowest BCUT2D eigenvalue weighted by Gasteiger charge is -2.19. The number of carbonyl (C=O) groups is 1. The van der Waals surface area contributed by atoms with Crippen LogP contribution in [0.25, 0.3) is 0 Å². The fourth-order valence-electron chi connectivity index (χ4n) is 1.46. The normalized spacial score (nSPS) is 28.4. The summed E-state index contributed by atoms with van der Waals surface area (Å²) in [6.07, 6.45) is 0. The number of alkyl halides is 2. The average molecular weight is 239 g/mol. The number of rotatable bonds is 1. The molecule has 0 amide bonds. The minimum atomic E-state index is -0.977. The van der Waals surface area contributed by atoms with Crippen molar-refractivity contribution in [1.82, 2.24) is 0 Å². The number of hydrogen-bond donors (Lipinski definition) is 0. The first-order valence-corrected chi connectivity index (χ1v) is 5.36. The lowest BCUT2D eigenvalue weighted by Crippen LogP contribution is -2.26. The van der Waals surface area contributed by atoms with Crippen LogP contribution in [0.1, 0.15) is 34.6 Å². The summed E-state index contributed by atoms with van der Waals surface area (Å²) in [4.78, 5) is 11.7. The van der Waals surface area contributed by atoms with Crippen LogP contribution in [-0.4, -0.2) is 15.9 Å². The first-order valence-electron chi connectivity index (χ1n) is 4.61. The van der Waals surface area contributed by atoms with Gasteiger partial charge in [-0.05, 0) is 20.8 Å². The van der Waals surface area contributed by atoms with E-state index >= 15 is 0 Å². The zero-order valence-corrected chi connectivity index (χ0v) is 10.7. The minimum absolute atomic E-state index is 0.312. The Bertz CT molecular complexity index is 250. The lowest BCUT2D eigenvalue weighted by atomic mass is 10.1. The van der Waals surface area contributed by atoms with Gasteiger partial charge in [0.15, 0.2) is 0 Å². The van der Waals surface area contributed by atoms with Crippen LogP contribution >= 0.6 is 23.2 Å². The lowest BCUT2D eigenvalue weighted by molar-refractivity contribution is -0.157. The van der Waals surface area contributed by atoms with Gasteiger partial charge in [0.2, 0.25) is 0 Å². The molecule has 1 rings (SSSR count). The molecule has 0 aromatic carbocycles. The average Bonchev–Trinajstić information content (AvgIpc) is 2.17. The molecular formula is C10H16Cl2O2. The molecule has 82 valence electrons. The molecule has 0 aliphatic heterocycles. The summed E-state index contributed by atoms with van der Waals surface area (Å²) in [5.74, 6) is -0.731. The third-order valence-corrected chi connectivity index (χ3v) is 3.91. The highest BCUT2D eigenvalue weighted by Gasteiger charge is 2.74. The van der Waals surface area contributed by atoms with E-state index in [1.165, 1.54) is 0 Å². The summed E-state index contributed by atoms with van der Waals surface area (Å²) in [6.45, 7) is 9.20. The van der Waals surface area contributed by atoms with Crippen molar-refractivity contribution in [2.45, 2.75) is 44.6 Å². The predicted molar refractivity (Wildman–Crippen MR) is 57.6 cm³/mol. The minimum Gasteiger partial charge on any atom is -0.460 e. The monoisotopic (exact) mass is 238 g/mol. The second-order valence-electron chi connectivity index (χ2n) is 5.31. The highest BCUT2D eigenvalue weighted by Crippen LogP contribution is 2.69. The zero-order valence-electron chi connectivity index (χ0n) is 9.15. The molecular weight excluding hydrogens is 223 g/mol. The first kappa shape index (κ1) is 12.1. The van der Waals surface area contributed by atoms with E-state index in [9.17, 15) is 4.79 Å². The zero-order chi connectivity index (χ0) is 11.4. The Morgan fingerprint density at radius 3 is 1.86 bits per heavy atom. The maximum Gasteiger partial charge on any atom is 0.313 e. The van der Waals surface area contributed by atoms with Crippen molar-refractivity contribution in [3.63, 3.8) is 0 Å². The van der Waals surface area contributed by atoms with E-state index < -0.39 is 21.3 Å². The van der Waals surface area contributed by atoms with Gasteiger partial charge in [-0.15, -0.1) is 23.2 Å². The molecule has 1 saturated carbocycles. The molecule has 2 nitrogen and oxygen atoms in total. The molecule has 0 unspecified atom stereocenters. The quantitative estimate of drug-likeness (QED) is 0.519. The molecule has 1 atom stereocenters. The van der Waals surface area contributed by atoms with Gasteiger partial charge < -0.3 is 4.74 Å².